The molecule has 0 aliphatic heterocycles. The molecular weight excluding hydrogens is 604 g/mol. The van der Waals surface area contributed by atoms with E-state index in [9.17, 15) is 33.9 Å². The molecule has 0 saturated carbocycles. The first-order valence-corrected chi connectivity index (χ1v) is 14.8. The summed E-state index contributed by atoms with van der Waals surface area (Å²) >= 11 is 4.09. The summed E-state index contributed by atoms with van der Waals surface area (Å²) in [6.45, 7) is 2.43. The number of thiol groups is 1. The zero-order valence-electron chi connectivity index (χ0n) is 25.0. The van der Waals surface area contributed by atoms with Crippen LogP contribution in [-0.4, -0.2) is 88.7 Å². The molecule has 5 amide bonds. The van der Waals surface area contributed by atoms with Crippen LogP contribution in [0.15, 0.2) is 54.6 Å². The van der Waals surface area contributed by atoms with Crippen molar-refractivity contribution >= 4 is 48.1 Å². The van der Waals surface area contributed by atoms with E-state index >= 15 is 0 Å². The second-order valence-corrected chi connectivity index (χ2v) is 10.9. The van der Waals surface area contributed by atoms with Crippen molar-refractivity contribution in [3.8, 4) is 5.75 Å². The molecule has 2 aromatic rings. The Kier molecular flexibility index (Phi) is 14.8. The lowest BCUT2D eigenvalue weighted by Crippen LogP contribution is -2.60. The van der Waals surface area contributed by atoms with Crippen LogP contribution >= 0.6 is 12.6 Å². The highest BCUT2D eigenvalue weighted by atomic mass is 32.1. The molecule has 14 nitrogen and oxygen atoms in total. The number of amides is 5. The Morgan fingerprint density at radius 1 is 0.733 bits per heavy atom. The number of phenols is 1. The van der Waals surface area contributed by atoms with Crippen LogP contribution in [0.1, 0.15) is 25.0 Å². The van der Waals surface area contributed by atoms with E-state index in [2.05, 4.69) is 39.2 Å². The Morgan fingerprint density at radius 2 is 1.24 bits per heavy atom. The SMILES string of the molecule is CC(C)[C@H](NC(=O)CN)C(=O)N[C@@H](Cc1ccccc1)C(=O)N[C@@H](Cc1ccc(O)cc1)C(=O)N[C@@H](CS)C(=O)NCC(=O)O. The van der Waals surface area contributed by atoms with Gasteiger partial charge in [-0.1, -0.05) is 56.3 Å². The first kappa shape index (κ1) is 36.6. The highest BCUT2D eigenvalue weighted by Crippen LogP contribution is 2.13. The summed E-state index contributed by atoms with van der Waals surface area (Å²) < 4.78 is 0. The van der Waals surface area contributed by atoms with Crippen molar-refractivity contribution in [3.05, 3.63) is 65.7 Å². The summed E-state index contributed by atoms with van der Waals surface area (Å²) in [4.78, 5) is 75.8. The molecule has 9 N–H and O–H groups in total. The Labute approximate surface area is 266 Å². The molecule has 0 fully saturated rings. The lowest BCUT2D eigenvalue weighted by atomic mass is 10.00. The molecule has 0 aliphatic rings. The Balaban J connectivity index is 2.37. The first-order chi connectivity index (χ1) is 21.3. The Bertz CT molecular complexity index is 1330. The number of benzene rings is 2. The standard InChI is InChI=1S/C30H40N6O8S/c1-17(2)26(36-24(38)14-31)30(44)34-22(12-18-6-4-3-5-7-18)28(42)33-21(13-19-8-10-20(37)11-9-19)29(43)35-23(16-45)27(41)32-15-25(39)40/h3-11,17,21-23,26,37,45H,12-16,31H2,1-2H3,(H,32,41)(H,33,42)(H,34,44)(H,35,43)(H,36,38)(H,39,40)/t21-,22-,23-,26-/m0/s1. The van der Waals surface area contributed by atoms with Crippen molar-refractivity contribution in [1.29, 1.82) is 0 Å². The molecule has 0 saturated heterocycles. The number of hydrogen-bond acceptors (Lipinski definition) is 9. The second kappa shape index (κ2) is 18.2. The largest absolute Gasteiger partial charge is 0.508 e. The van der Waals surface area contributed by atoms with E-state index in [1.165, 1.54) is 12.1 Å². The summed E-state index contributed by atoms with van der Waals surface area (Å²) in [7, 11) is 0. The van der Waals surface area contributed by atoms with Crippen molar-refractivity contribution in [2.24, 2.45) is 11.7 Å². The predicted molar refractivity (Wildman–Crippen MR) is 168 cm³/mol. The molecule has 0 aromatic heterocycles. The molecule has 2 rings (SSSR count). The highest BCUT2D eigenvalue weighted by molar-refractivity contribution is 7.80. The number of nitrogens with one attached hydrogen (secondary N) is 5. The summed E-state index contributed by atoms with van der Waals surface area (Å²) in [5.74, 6) is -5.28. The minimum atomic E-state index is -1.28. The molecule has 4 atom stereocenters. The van der Waals surface area contributed by atoms with Gasteiger partial charge in [0, 0.05) is 18.6 Å². The number of nitrogens with two attached hydrogens (primary N) is 1. The molecule has 0 bridgehead atoms. The normalized spacial score (nSPS) is 13.4. The fourth-order valence-corrected chi connectivity index (χ4v) is 4.45. The molecular formula is C30H40N6O8S. The van der Waals surface area contributed by atoms with Gasteiger partial charge in [-0.2, -0.15) is 12.6 Å². The molecule has 0 unspecified atom stereocenters. The van der Waals surface area contributed by atoms with Crippen LogP contribution in [0.2, 0.25) is 0 Å². The molecule has 0 heterocycles. The average molecular weight is 645 g/mol. The molecule has 0 aliphatic carbocycles. The van der Waals surface area contributed by atoms with E-state index in [1.54, 1.807) is 56.3 Å². The zero-order valence-corrected chi connectivity index (χ0v) is 25.9. The quantitative estimate of drug-likeness (QED) is 0.0947. The monoisotopic (exact) mass is 644 g/mol. The molecule has 0 radical (unpaired) electrons. The van der Waals surface area contributed by atoms with Crippen LogP contribution < -0.4 is 32.3 Å². The molecule has 244 valence electrons. The maximum absolute atomic E-state index is 13.8. The average Bonchev–Trinajstić information content (AvgIpc) is 3.01. The number of phenolic OH excluding ortho intramolecular Hbond substituents is 1. The molecule has 45 heavy (non-hydrogen) atoms. The number of rotatable bonds is 17. The van der Waals surface area contributed by atoms with Crippen LogP contribution in [0.25, 0.3) is 0 Å². The van der Waals surface area contributed by atoms with Crippen molar-refractivity contribution < 1.29 is 39.0 Å². The van der Waals surface area contributed by atoms with Crippen molar-refractivity contribution in [3.63, 3.8) is 0 Å². The van der Waals surface area contributed by atoms with Gasteiger partial charge in [0.05, 0.1) is 6.54 Å². The maximum atomic E-state index is 13.8. The van der Waals surface area contributed by atoms with Crippen LogP contribution in [0.4, 0.5) is 0 Å². The third-order valence-corrected chi connectivity index (χ3v) is 6.97. The Morgan fingerprint density at radius 3 is 1.73 bits per heavy atom. The minimum Gasteiger partial charge on any atom is -0.508 e. The number of aromatic hydroxyl groups is 1. The number of carboxylic acids is 1. The van der Waals surface area contributed by atoms with E-state index in [1.807, 2.05) is 0 Å². The van der Waals surface area contributed by atoms with Crippen LogP contribution in [0.5, 0.6) is 5.75 Å². The van der Waals surface area contributed by atoms with Gasteiger partial charge in [-0.05, 0) is 29.2 Å². The predicted octanol–water partition coefficient (Wildman–Crippen LogP) is -1.14. The minimum absolute atomic E-state index is 0.0129. The van der Waals surface area contributed by atoms with E-state index < -0.39 is 66.2 Å². The van der Waals surface area contributed by atoms with Crippen LogP contribution in [-0.2, 0) is 41.6 Å². The highest BCUT2D eigenvalue weighted by Gasteiger charge is 2.32. The zero-order chi connectivity index (χ0) is 33.5. The summed E-state index contributed by atoms with van der Waals surface area (Å²) in [5, 5.41) is 31.1. The van der Waals surface area contributed by atoms with Crippen molar-refractivity contribution in [1.82, 2.24) is 26.6 Å². The fourth-order valence-electron chi connectivity index (χ4n) is 4.19. The number of carbonyl (C=O) groups is 6. The molecule has 15 heteroatoms. The fraction of sp³-hybridized carbons (Fsp3) is 0.400. The van der Waals surface area contributed by atoms with Gasteiger partial charge in [0.2, 0.25) is 29.5 Å². The van der Waals surface area contributed by atoms with E-state index in [0.29, 0.717) is 11.1 Å². The lowest BCUT2D eigenvalue weighted by molar-refractivity contribution is -0.138. The van der Waals surface area contributed by atoms with Gasteiger partial charge < -0.3 is 42.5 Å². The third kappa shape index (κ3) is 12.5. The number of carbonyl (C=O) groups excluding carboxylic acids is 5. The first-order valence-electron chi connectivity index (χ1n) is 14.2. The van der Waals surface area contributed by atoms with Gasteiger partial charge in [0.15, 0.2) is 0 Å². The summed E-state index contributed by atoms with van der Waals surface area (Å²) in [5.41, 5.74) is 6.66. The number of carboxylic acid groups (broad SMARTS) is 1. The molecule has 0 spiro atoms. The summed E-state index contributed by atoms with van der Waals surface area (Å²) in [6, 6.07) is 10.1. The lowest BCUT2D eigenvalue weighted by Gasteiger charge is -2.27. The van der Waals surface area contributed by atoms with Gasteiger partial charge in [0.1, 0.15) is 36.5 Å². The maximum Gasteiger partial charge on any atom is 0.322 e. The van der Waals surface area contributed by atoms with E-state index in [0.717, 1.165) is 0 Å². The van der Waals surface area contributed by atoms with Crippen molar-refractivity contribution in [2.45, 2.75) is 50.9 Å². The Hall–Kier alpha value is -4.63. The van der Waals surface area contributed by atoms with E-state index in [4.69, 9.17) is 10.8 Å². The van der Waals surface area contributed by atoms with E-state index in [-0.39, 0.29) is 36.8 Å². The third-order valence-electron chi connectivity index (χ3n) is 6.61. The van der Waals surface area contributed by atoms with Gasteiger partial charge >= 0.3 is 5.97 Å². The van der Waals surface area contributed by atoms with Gasteiger partial charge in [-0.3, -0.25) is 28.8 Å². The number of hydrogen-bond donors (Lipinski definition) is 9. The molecule has 2 aromatic carbocycles. The topological polar surface area (TPSA) is 229 Å². The summed E-state index contributed by atoms with van der Waals surface area (Å²) in [6.07, 6.45) is -0.0282. The number of aliphatic carboxylic acids is 1. The smallest absolute Gasteiger partial charge is 0.322 e. The van der Waals surface area contributed by atoms with Crippen molar-refractivity contribution in [2.75, 3.05) is 18.8 Å². The van der Waals surface area contributed by atoms with Gasteiger partial charge in [-0.15, -0.1) is 0 Å². The van der Waals surface area contributed by atoms with Gasteiger partial charge in [-0.25, -0.2) is 0 Å². The van der Waals surface area contributed by atoms with Crippen LogP contribution in [0, 0.1) is 5.92 Å². The van der Waals surface area contributed by atoms with Gasteiger partial charge in [0.25, 0.3) is 0 Å². The van der Waals surface area contributed by atoms with Crippen LogP contribution in [0.3, 0.4) is 0 Å². The second-order valence-electron chi connectivity index (χ2n) is 10.5.